The van der Waals surface area contributed by atoms with Crippen molar-refractivity contribution in [2.75, 3.05) is 19.8 Å². The van der Waals surface area contributed by atoms with Crippen LogP contribution in [0.4, 0.5) is 0 Å². The van der Waals surface area contributed by atoms with E-state index in [2.05, 4.69) is 58.9 Å². The summed E-state index contributed by atoms with van der Waals surface area (Å²) in [6, 6.07) is 5.59. The summed E-state index contributed by atoms with van der Waals surface area (Å²) in [6.45, 7) is 12.0. The summed E-state index contributed by atoms with van der Waals surface area (Å²) in [6.07, 6.45) is 22.1. The molecule has 0 saturated carbocycles. The lowest BCUT2D eigenvalue weighted by atomic mass is 10.1. The van der Waals surface area contributed by atoms with E-state index in [-0.39, 0.29) is 5.75 Å². The van der Waals surface area contributed by atoms with Crippen molar-refractivity contribution in [3.63, 3.8) is 0 Å². The van der Waals surface area contributed by atoms with Crippen LogP contribution in [0.3, 0.4) is 0 Å². The molecule has 2 rings (SSSR count). The first kappa shape index (κ1) is 33.3. The molecule has 0 atom stereocenters. The Kier molecular flexibility index (Phi) is 16.6. The van der Waals surface area contributed by atoms with Gasteiger partial charge in [0.05, 0.1) is 18.6 Å². The van der Waals surface area contributed by atoms with E-state index >= 15 is 0 Å². The molecule has 0 amide bonds. The molecule has 0 aliphatic rings. The topological polar surface area (TPSA) is 57.9 Å². The molecule has 1 heterocycles. The number of benzene rings is 1. The fourth-order valence-corrected chi connectivity index (χ4v) is 4.39. The van der Waals surface area contributed by atoms with Crippen LogP contribution in [-0.4, -0.2) is 19.8 Å². The Morgan fingerprint density at radius 2 is 1.55 bits per heavy atom. The van der Waals surface area contributed by atoms with Gasteiger partial charge in [0.15, 0.2) is 5.75 Å². The molecule has 222 valence electrons. The molecule has 0 bridgehead atoms. The molecule has 40 heavy (non-hydrogen) atoms. The van der Waals surface area contributed by atoms with Gasteiger partial charge in [0, 0.05) is 6.07 Å². The molecule has 0 spiro atoms. The average Bonchev–Trinajstić information content (AvgIpc) is 2.92. The number of rotatable bonds is 21. The molecule has 0 unspecified atom stereocenters. The van der Waals surface area contributed by atoms with Crippen LogP contribution in [0.15, 0.2) is 62.9 Å². The molecule has 0 aliphatic heterocycles. The number of unbranched alkanes of at least 4 members (excludes halogenated alkanes) is 7. The first-order valence-corrected chi connectivity index (χ1v) is 15.4. The Morgan fingerprint density at radius 3 is 2.27 bits per heavy atom. The Labute approximate surface area is 242 Å². The highest BCUT2D eigenvalue weighted by molar-refractivity contribution is 5.86. The average molecular weight is 553 g/mol. The van der Waals surface area contributed by atoms with Crippen LogP contribution >= 0.6 is 0 Å². The molecule has 1 aromatic heterocycles. The maximum atomic E-state index is 13.0. The molecule has 5 nitrogen and oxygen atoms in total. The highest BCUT2D eigenvalue weighted by atomic mass is 16.5. The van der Waals surface area contributed by atoms with E-state index in [1.807, 2.05) is 12.1 Å². The minimum absolute atomic E-state index is 0.126. The minimum Gasteiger partial charge on any atom is -0.493 e. The number of hydrogen-bond donors (Lipinski definition) is 0. The van der Waals surface area contributed by atoms with Crippen LogP contribution in [0.5, 0.6) is 17.2 Å². The summed E-state index contributed by atoms with van der Waals surface area (Å²) in [5.41, 5.74) is 2.47. The molecular weight excluding hydrogens is 500 g/mol. The number of fused-ring (bicyclic) bond motifs is 1. The third-order valence-electron chi connectivity index (χ3n) is 6.74. The van der Waals surface area contributed by atoms with Crippen molar-refractivity contribution >= 4 is 11.0 Å². The first-order valence-electron chi connectivity index (χ1n) is 15.4. The van der Waals surface area contributed by atoms with E-state index in [0.717, 1.165) is 25.7 Å². The zero-order chi connectivity index (χ0) is 29.0. The summed E-state index contributed by atoms with van der Waals surface area (Å²) in [4.78, 5) is 13.0. The smallest absolute Gasteiger partial charge is 0.383 e. The Bertz CT molecular complexity index is 1130. The van der Waals surface area contributed by atoms with Crippen molar-refractivity contribution in [2.24, 2.45) is 0 Å². The number of hydrogen-bond acceptors (Lipinski definition) is 5. The molecule has 2 aromatic rings. The van der Waals surface area contributed by atoms with Gasteiger partial charge in [0.2, 0.25) is 5.75 Å². The highest BCUT2D eigenvalue weighted by Gasteiger charge is 2.18. The summed E-state index contributed by atoms with van der Waals surface area (Å²) in [5, 5.41) is 0.703. The molecule has 0 N–H and O–H groups in total. The lowest BCUT2D eigenvalue weighted by Gasteiger charge is -2.14. The van der Waals surface area contributed by atoms with Gasteiger partial charge in [-0.05, 0) is 71.1 Å². The van der Waals surface area contributed by atoms with Gasteiger partial charge in [-0.3, -0.25) is 0 Å². The fourth-order valence-electron chi connectivity index (χ4n) is 4.39. The summed E-state index contributed by atoms with van der Waals surface area (Å²) in [5.74, 6) is 1.24. The van der Waals surface area contributed by atoms with E-state index in [1.54, 1.807) is 6.07 Å². The molecular formula is C35H52O5. The monoisotopic (exact) mass is 552 g/mol. The predicted molar refractivity (Wildman–Crippen MR) is 168 cm³/mol. The van der Waals surface area contributed by atoms with Gasteiger partial charge < -0.3 is 18.6 Å². The maximum absolute atomic E-state index is 13.0. The van der Waals surface area contributed by atoms with Gasteiger partial charge >= 0.3 is 5.63 Å². The molecule has 0 aliphatic carbocycles. The highest BCUT2D eigenvalue weighted by Crippen LogP contribution is 2.35. The number of allylic oxidation sites excluding steroid dienone is 4. The second kappa shape index (κ2) is 20.0. The Balaban J connectivity index is 2.09. The number of ether oxygens (including phenoxy) is 3. The summed E-state index contributed by atoms with van der Waals surface area (Å²) >= 11 is 0. The third kappa shape index (κ3) is 12.9. The molecule has 0 radical (unpaired) electrons. The van der Waals surface area contributed by atoms with Gasteiger partial charge in [-0.15, -0.1) is 0 Å². The normalized spacial score (nSPS) is 11.8. The lowest BCUT2D eigenvalue weighted by Crippen LogP contribution is -2.11. The van der Waals surface area contributed by atoms with Crippen molar-refractivity contribution in [3.05, 3.63) is 64.1 Å². The van der Waals surface area contributed by atoms with E-state index < -0.39 is 5.63 Å². The third-order valence-corrected chi connectivity index (χ3v) is 6.74. The molecule has 1 aromatic carbocycles. The lowest BCUT2D eigenvalue weighted by molar-refractivity contribution is 0.275. The van der Waals surface area contributed by atoms with Crippen molar-refractivity contribution in [1.82, 2.24) is 0 Å². The first-order chi connectivity index (χ1) is 19.5. The zero-order valence-corrected chi connectivity index (χ0v) is 25.7. The quantitative estimate of drug-likeness (QED) is 0.0876. The molecule has 0 fully saturated rings. The van der Waals surface area contributed by atoms with Gasteiger partial charge in [-0.2, -0.15) is 0 Å². The molecule has 0 saturated heterocycles. The van der Waals surface area contributed by atoms with Crippen molar-refractivity contribution in [1.29, 1.82) is 0 Å². The SMILES string of the molecule is CC/C=C/CCOc1c(OC/C=C(\C)CCC=C(C)C)c2ccc(OCCCCCCCCCC)cc2oc1=O. The van der Waals surface area contributed by atoms with Crippen molar-refractivity contribution < 1.29 is 18.6 Å². The van der Waals surface area contributed by atoms with Crippen LogP contribution in [0.1, 0.15) is 112 Å². The van der Waals surface area contributed by atoms with Gasteiger partial charge in [0.1, 0.15) is 17.9 Å². The minimum atomic E-state index is -0.536. The van der Waals surface area contributed by atoms with E-state index in [9.17, 15) is 4.79 Å². The Hall–Kier alpha value is -2.95. The summed E-state index contributed by atoms with van der Waals surface area (Å²) in [7, 11) is 0. The summed E-state index contributed by atoms with van der Waals surface area (Å²) < 4.78 is 23.7. The second-order valence-corrected chi connectivity index (χ2v) is 10.7. The van der Waals surface area contributed by atoms with Gasteiger partial charge in [0.25, 0.3) is 0 Å². The second-order valence-electron chi connectivity index (χ2n) is 10.7. The van der Waals surface area contributed by atoms with E-state index in [0.29, 0.717) is 48.7 Å². The Morgan fingerprint density at radius 1 is 0.800 bits per heavy atom. The van der Waals surface area contributed by atoms with Crippen molar-refractivity contribution in [3.8, 4) is 17.2 Å². The van der Waals surface area contributed by atoms with Crippen LogP contribution < -0.4 is 19.8 Å². The van der Waals surface area contributed by atoms with Gasteiger partial charge in [-0.1, -0.05) is 88.2 Å². The van der Waals surface area contributed by atoms with Gasteiger partial charge in [-0.25, -0.2) is 4.79 Å². The largest absolute Gasteiger partial charge is 0.493 e. The van der Waals surface area contributed by atoms with E-state index in [4.69, 9.17) is 18.6 Å². The standard InChI is InChI=1S/C35H52O5/c1-6-8-10-12-13-14-15-17-24-37-30-21-22-31-32(27-30)40-35(36)34(38-25-16-11-9-7-2)33(31)39-26-23-29(5)20-18-19-28(3)4/h9,11,19,21-23,27H,6-8,10,12-18,20,24-26H2,1-5H3/b11-9+,29-23+. The predicted octanol–water partition coefficient (Wildman–Crippen LogP) is 10.1. The van der Waals surface area contributed by atoms with Crippen LogP contribution in [-0.2, 0) is 0 Å². The molecule has 5 heteroatoms. The van der Waals surface area contributed by atoms with Crippen LogP contribution in [0, 0.1) is 0 Å². The van der Waals surface area contributed by atoms with Crippen LogP contribution in [0.2, 0.25) is 0 Å². The maximum Gasteiger partial charge on any atom is 0.383 e. The fraction of sp³-hybridized carbons (Fsp3) is 0.571. The van der Waals surface area contributed by atoms with Crippen LogP contribution in [0.25, 0.3) is 11.0 Å². The van der Waals surface area contributed by atoms with E-state index in [1.165, 1.54) is 56.1 Å². The zero-order valence-electron chi connectivity index (χ0n) is 25.7. The van der Waals surface area contributed by atoms with Crippen molar-refractivity contribution in [2.45, 2.75) is 112 Å².